The third kappa shape index (κ3) is 4.97. The Morgan fingerprint density at radius 3 is 2.38 bits per heavy atom. The minimum Gasteiger partial charge on any atom is -0.378 e. The van der Waals surface area contributed by atoms with E-state index in [1.54, 1.807) is 6.20 Å². The van der Waals surface area contributed by atoms with Crippen molar-refractivity contribution in [1.29, 1.82) is 5.26 Å². The minimum atomic E-state index is 0.526. The van der Waals surface area contributed by atoms with Gasteiger partial charge in [-0.05, 0) is 43.7 Å². The number of aromatic nitrogens is 3. The van der Waals surface area contributed by atoms with Gasteiger partial charge in [-0.2, -0.15) is 5.26 Å². The fourth-order valence-corrected chi connectivity index (χ4v) is 5.24. The number of anilines is 4. The van der Waals surface area contributed by atoms with E-state index in [1.165, 1.54) is 0 Å². The van der Waals surface area contributed by atoms with Crippen LogP contribution in [0.2, 0.25) is 0 Å². The molecule has 1 aromatic carbocycles. The predicted molar refractivity (Wildman–Crippen MR) is 153 cm³/mol. The Kier molecular flexibility index (Phi) is 6.97. The van der Waals surface area contributed by atoms with Gasteiger partial charge in [-0.15, -0.1) is 0 Å². The highest BCUT2D eigenvalue weighted by atomic mass is 16.5. The first kappa shape index (κ1) is 25.0. The van der Waals surface area contributed by atoms with Crippen molar-refractivity contribution in [3.8, 4) is 17.5 Å². The SMILES string of the molecule is Cc1ccnc(-c2nc3c(C#N)cccc3c(Nc3cc(N4CCOCC4)cnc3N3CCOCC3)c2C)c1. The van der Waals surface area contributed by atoms with Crippen LogP contribution >= 0.6 is 0 Å². The third-order valence-electron chi connectivity index (χ3n) is 7.34. The molecule has 0 radical (unpaired) electrons. The molecule has 1 N–H and O–H groups in total. The van der Waals surface area contributed by atoms with Crippen LogP contribution in [-0.2, 0) is 9.47 Å². The van der Waals surface area contributed by atoms with E-state index >= 15 is 0 Å². The number of para-hydroxylation sites is 1. The quantitative estimate of drug-likeness (QED) is 0.404. The number of nitrogens with one attached hydrogen (secondary N) is 1. The zero-order valence-corrected chi connectivity index (χ0v) is 22.3. The second kappa shape index (κ2) is 10.8. The lowest BCUT2D eigenvalue weighted by atomic mass is 10.0. The topological polar surface area (TPSA) is 99.4 Å². The summed E-state index contributed by atoms with van der Waals surface area (Å²) in [6.07, 6.45) is 3.75. The molecule has 2 saturated heterocycles. The van der Waals surface area contributed by atoms with Crippen LogP contribution < -0.4 is 15.1 Å². The van der Waals surface area contributed by atoms with E-state index in [9.17, 15) is 5.26 Å². The Bertz CT molecular complexity index is 1550. The van der Waals surface area contributed by atoms with Gasteiger partial charge < -0.3 is 24.6 Å². The molecule has 9 heteroatoms. The van der Waals surface area contributed by atoms with Crippen molar-refractivity contribution in [3.05, 3.63) is 65.5 Å². The number of aryl methyl sites for hydroxylation is 1. The summed E-state index contributed by atoms with van der Waals surface area (Å²) in [5, 5.41) is 14.6. The zero-order chi connectivity index (χ0) is 26.8. The van der Waals surface area contributed by atoms with Crippen molar-refractivity contribution in [3.63, 3.8) is 0 Å². The molecular formula is C30H31N7O2. The number of rotatable bonds is 5. The molecule has 0 atom stereocenters. The van der Waals surface area contributed by atoms with Crippen LogP contribution in [0.3, 0.4) is 0 Å². The van der Waals surface area contributed by atoms with Crippen LogP contribution in [0.4, 0.5) is 22.9 Å². The Labute approximate surface area is 228 Å². The highest BCUT2D eigenvalue weighted by Gasteiger charge is 2.22. The first-order chi connectivity index (χ1) is 19.1. The molecule has 0 aliphatic carbocycles. The van der Waals surface area contributed by atoms with E-state index in [0.29, 0.717) is 37.5 Å². The Balaban J connectivity index is 1.53. The molecule has 0 amide bonds. The Hall–Kier alpha value is -4.26. The molecule has 198 valence electrons. The Morgan fingerprint density at radius 2 is 1.67 bits per heavy atom. The first-order valence-corrected chi connectivity index (χ1v) is 13.3. The second-order valence-corrected chi connectivity index (χ2v) is 9.88. The number of morpholine rings is 2. The fraction of sp³-hybridized carbons (Fsp3) is 0.333. The first-order valence-electron chi connectivity index (χ1n) is 13.3. The lowest BCUT2D eigenvalue weighted by molar-refractivity contribution is 0.122. The monoisotopic (exact) mass is 521 g/mol. The summed E-state index contributed by atoms with van der Waals surface area (Å²) in [5.41, 5.74) is 7.61. The number of ether oxygens (including phenoxy) is 2. The fourth-order valence-electron chi connectivity index (χ4n) is 5.24. The van der Waals surface area contributed by atoms with Gasteiger partial charge in [0.15, 0.2) is 5.82 Å². The Morgan fingerprint density at radius 1 is 0.923 bits per heavy atom. The van der Waals surface area contributed by atoms with Crippen molar-refractivity contribution in [2.24, 2.45) is 0 Å². The van der Waals surface area contributed by atoms with E-state index in [-0.39, 0.29) is 0 Å². The zero-order valence-electron chi connectivity index (χ0n) is 22.3. The smallest absolute Gasteiger partial charge is 0.152 e. The van der Waals surface area contributed by atoms with Crippen molar-refractivity contribution in [1.82, 2.24) is 15.0 Å². The molecule has 2 aliphatic rings. The molecule has 2 aliphatic heterocycles. The van der Waals surface area contributed by atoms with E-state index in [1.807, 2.05) is 43.5 Å². The molecule has 3 aromatic heterocycles. The third-order valence-corrected chi connectivity index (χ3v) is 7.34. The lowest BCUT2D eigenvalue weighted by Gasteiger charge is -2.32. The number of nitriles is 1. The van der Waals surface area contributed by atoms with Gasteiger partial charge >= 0.3 is 0 Å². The van der Waals surface area contributed by atoms with E-state index < -0.39 is 0 Å². The number of hydrogen-bond acceptors (Lipinski definition) is 9. The van der Waals surface area contributed by atoms with Crippen LogP contribution in [0.25, 0.3) is 22.3 Å². The van der Waals surface area contributed by atoms with Crippen molar-refractivity contribution < 1.29 is 9.47 Å². The standard InChI is InChI=1S/C30H31N7O2/c1-20-6-7-32-25(16-20)28-21(2)27(24-5-3-4-22(18-31)29(24)35-28)34-26-17-23(36-8-12-38-13-9-36)19-33-30(26)37-10-14-39-15-11-37/h3-7,16-17,19H,8-15H2,1-2H3,(H,34,35). The van der Waals surface area contributed by atoms with Gasteiger partial charge in [-0.3, -0.25) is 4.98 Å². The van der Waals surface area contributed by atoms with Crippen LogP contribution in [0.15, 0.2) is 48.8 Å². The highest BCUT2D eigenvalue weighted by molar-refractivity contribution is 6.00. The van der Waals surface area contributed by atoms with E-state index in [4.69, 9.17) is 19.4 Å². The summed E-state index contributed by atoms with van der Waals surface area (Å²) in [6, 6.07) is 14.2. The molecule has 39 heavy (non-hydrogen) atoms. The molecule has 0 saturated carbocycles. The van der Waals surface area contributed by atoms with Crippen LogP contribution in [0.5, 0.6) is 0 Å². The van der Waals surface area contributed by atoms with Gasteiger partial charge in [0.25, 0.3) is 0 Å². The summed E-state index contributed by atoms with van der Waals surface area (Å²) >= 11 is 0. The number of nitrogens with zero attached hydrogens (tertiary/aromatic N) is 6. The van der Waals surface area contributed by atoms with E-state index in [2.05, 4.69) is 39.2 Å². The molecule has 6 rings (SSSR count). The summed E-state index contributed by atoms with van der Waals surface area (Å²) in [4.78, 5) is 19.1. The average molecular weight is 522 g/mol. The van der Waals surface area contributed by atoms with Crippen LogP contribution in [-0.4, -0.2) is 67.6 Å². The summed E-state index contributed by atoms with van der Waals surface area (Å²) in [6.45, 7) is 10.0. The molecule has 9 nitrogen and oxygen atoms in total. The molecule has 0 spiro atoms. The molecular weight excluding hydrogens is 490 g/mol. The largest absolute Gasteiger partial charge is 0.378 e. The summed E-state index contributed by atoms with van der Waals surface area (Å²) in [7, 11) is 0. The van der Waals surface area contributed by atoms with Gasteiger partial charge in [-0.1, -0.05) is 12.1 Å². The maximum absolute atomic E-state index is 9.92. The molecule has 4 aromatic rings. The van der Waals surface area contributed by atoms with Crippen molar-refractivity contribution >= 4 is 33.8 Å². The van der Waals surface area contributed by atoms with Gasteiger partial charge in [0.05, 0.1) is 72.2 Å². The minimum absolute atomic E-state index is 0.526. The summed E-state index contributed by atoms with van der Waals surface area (Å²) < 4.78 is 11.2. The molecule has 2 fully saturated rings. The van der Waals surface area contributed by atoms with Gasteiger partial charge in [-0.25, -0.2) is 9.97 Å². The maximum atomic E-state index is 9.92. The lowest BCUT2D eigenvalue weighted by Crippen LogP contribution is -2.38. The second-order valence-electron chi connectivity index (χ2n) is 9.88. The number of benzene rings is 1. The van der Waals surface area contributed by atoms with E-state index in [0.717, 1.165) is 77.0 Å². The predicted octanol–water partition coefficient (Wildman–Crippen LogP) is 4.60. The molecule has 5 heterocycles. The van der Waals surface area contributed by atoms with Crippen LogP contribution in [0.1, 0.15) is 16.7 Å². The summed E-state index contributed by atoms with van der Waals surface area (Å²) in [5.74, 6) is 0.881. The van der Waals surface area contributed by atoms with Crippen molar-refractivity contribution in [2.75, 3.05) is 67.7 Å². The van der Waals surface area contributed by atoms with Gasteiger partial charge in [0, 0.05) is 43.3 Å². The number of hydrogen-bond donors (Lipinski definition) is 1. The van der Waals surface area contributed by atoms with Crippen LogP contribution in [0, 0.1) is 25.2 Å². The number of fused-ring (bicyclic) bond motifs is 1. The van der Waals surface area contributed by atoms with Gasteiger partial charge in [0.1, 0.15) is 6.07 Å². The number of pyridine rings is 3. The average Bonchev–Trinajstić information content (AvgIpc) is 2.99. The maximum Gasteiger partial charge on any atom is 0.152 e. The van der Waals surface area contributed by atoms with Gasteiger partial charge in [0.2, 0.25) is 0 Å². The van der Waals surface area contributed by atoms with Crippen molar-refractivity contribution in [2.45, 2.75) is 13.8 Å². The normalized spacial score (nSPS) is 15.8. The highest BCUT2D eigenvalue weighted by Crippen LogP contribution is 2.39. The molecule has 0 unspecified atom stereocenters. The molecule has 0 bridgehead atoms.